The van der Waals surface area contributed by atoms with Gasteiger partial charge in [-0.2, -0.15) is 0 Å². The molecule has 0 saturated heterocycles. The highest BCUT2D eigenvalue weighted by atomic mass is 16.4. The average Bonchev–Trinajstić information content (AvgIpc) is 2.47. The summed E-state index contributed by atoms with van der Waals surface area (Å²) < 4.78 is 0. The summed E-state index contributed by atoms with van der Waals surface area (Å²) in [4.78, 5) is 25.1. The molecule has 0 radical (unpaired) electrons. The fourth-order valence-corrected chi connectivity index (χ4v) is 3.27. The van der Waals surface area contributed by atoms with Crippen molar-refractivity contribution in [1.29, 1.82) is 0 Å². The van der Waals surface area contributed by atoms with Crippen molar-refractivity contribution in [2.45, 2.75) is 58.0 Å². The number of carboxylic acids is 1. The lowest BCUT2D eigenvalue weighted by Gasteiger charge is -2.42. The lowest BCUT2D eigenvalue weighted by atomic mass is 9.85. The zero-order valence-electron chi connectivity index (χ0n) is 15.5. The molecule has 1 aromatic carbocycles. The number of carbonyl (C=O) groups excluding carboxylic acids is 1. The van der Waals surface area contributed by atoms with Crippen LogP contribution in [0.5, 0.6) is 0 Å². The minimum atomic E-state index is -0.810. The van der Waals surface area contributed by atoms with Crippen molar-refractivity contribution in [3.63, 3.8) is 0 Å². The normalized spacial score (nSPS) is 20.0. The van der Waals surface area contributed by atoms with E-state index in [1.807, 2.05) is 36.1 Å². The molecule has 6 heteroatoms. The van der Waals surface area contributed by atoms with Crippen LogP contribution in [-0.4, -0.2) is 47.2 Å². The van der Waals surface area contributed by atoms with E-state index in [1.165, 1.54) is 0 Å². The summed E-state index contributed by atoms with van der Waals surface area (Å²) in [6, 6.07) is 7.94. The Morgan fingerprint density at radius 1 is 1.24 bits per heavy atom. The van der Waals surface area contributed by atoms with Gasteiger partial charge in [0.25, 0.3) is 0 Å². The lowest BCUT2D eigenvalue weighted by Crippen LogP contribution is -2.55. The Bertz CT molecular complexity index is 619. The van der Waals surface area contributed by atoms with Gasteiger partial charge in [0.05, 0.1) is 6.54 Å². The molecule has 0 spiro atoms. The maximum atomic E-state index is 12.3. The van der Waals surface area contributed by atoms with Crippen LogP contribution in [0, 0.1) is 0 Å². The number of urea groups is 1. The molecule has 138 valence electrons. The molecule has 0 atom stereocenters. The Balaban J connectivity index is 1.86. The number of para-hydroxylation sites is 1. The van der Waals surface area contributed by atoms with Crippen LogP contribution < -0.4 is 10.6 Å². The van der Waals surface area contributed by atoms with E-state index in [4.69, 9.17) is 5.11 Å². The zero-order chi connectivity index (χ0) is 18.6. The molecule has 2 rings (SSSR count). The van der Waals surface area contributed by atoms with Crippen molar-refractivity contribution in [2.24, 2.45) is 0 Å². The molecule has 25 heavy (non-hydrogen) atoms. The van der Waals surface area contributed by atoms with Crippen molar-refractivity contribution >= 4 is 17.7 Å². The highest BCUT2D eigenvalue weighted by Crippen LogP contribution is 2.29. The second kappa shape index (κ2) is 7.87. The largest absolute Gasteiger partial charge is 0.480 e. The number of benzene rings is 1. The second-order valence-electron chi connectivity index (χ2n) is 7.67. The molecule has 0 unspecified atom stereocenters. The van der Waals surface area contributed by atoms with Crippen molar-refractivity contribution < 1.29 is 14.7 Å². The quantitative estimate of drug-likeness (QED) is 0.739. The number of carboxylic acid groups (broad SMARTS) is 1. The molecule has 2 amide bonds. The van der Waals surface area contributed by atoms with Gasteiger partial charge in [0.1, 0.15) is 0 Å². The Morgan fingerprint density at radius 3 is 2.44 bits per heavy atom. The van der Waals surface area contributed by atoms with E-state index in [9.17, 15) is 9.59 Å². The third-order valence-corrected chi connectivity index (χ3v) is 4.69. The predicted molar refractivity (Wildman–Crippen MR) is 99.0 cm³/mol. The van der Waals surface area contributed by atoms with Crippen LogP contribution in [0.4, 0.5) is 10.5 Å². The van der Waals surface area contributed by atoms with Gasteiger partial charge in [0.2, 0.25) is 0 Å². The minimum Gasteiger partial charge on any atom is -0.480 e. The molecule has 6 nitrogen and oxygen atoms in total. The van der Waals surface area contributed by atoms with E-state index in [0.717, 1.165) is 24.1 Å². The zero-order valence-corrected chi connectivity index (χ0v) is 15.5. The molecule has 3 N–H and O–H groups in total. The van der Waals surface area contributed by atoms with E-state index in [-0.39, 0.29) is 30.1 Å². The van der Waals surface area contributed by atoms with Gasteiger partial charge in [-0.05, 0) is 36.4 Å². The van der Waals surface area contributed by atoms with Crippen LogP contribution >= 0.6 is 0 Å². The highest BCUT2D eigenvalue weighted by molar-refractivity contribution is 5.90. The van der Waals surface area contributed by atoms with Crippen LogP contribution in [0.25, 0.3) is 0 Å². The number of nitrogens with zero attached hydrogens (tertiary/aromatic N) is 1. The summed E-state index contributed by atoms with van der Waals surface area (Å²) in [5.41, 5.74) is 1.86. The number of likely N-dealkylation sites (N-methyl/N-ethyl adjacent to an activating group) is 1. The van der Waals surface area contributed by atoms with Gasteiger partial charge < -0.3 is 15.7 Å². The first-order valence-corrected chi connectivity index (χ1v) is 8.83. The number of hydrogen-bond donors (Lipinski definition) is 3. The molecule has 1 fully saturated rings. The van der Waals surface area contributed by atoms with Gasteiger partial charge in [0, 0.05) is 17.8 Å². The predicted octanol–water partition coefficient (Wildman–Crippen LogP) is 3.04. The van der Waals surface area contributed by atoms with Gasteiger partial charge in [0.15, 0.2) is 0 Å². The van der Waals surface area contributed by atoms with Gasteiger partial charge in [-0.25, -0.2) is 4.79 Å². The number of rotatable bonds is 6. The lowest BCUT2D eigenvalue weighted by molar-refractivity contribution is -0.139. The second-order valence-corrected chi connectivity index (χ2v) is 7.67. The van der Waals surface area contributed by atoms with Crippen molar-refractivity contribution in [2.75, 3.05) is 18.4 Å². The monoisotopic (exact) mass is 347 g/mol. The number of amides is 2. The van der Waals surface area contributed by atoms with Gasteiger partial charge in [-0.3, -0.25) is 9.69 Å². The van der Waals surface area contributed by atoms with Crippen molar-refractivity contribution in [1.82, 2.24) is 10.2 Å². The Kier molecular flexibility index (Phi) is 6.06. The molecular weight excluding hydrogens is 318 g/mol. The molecule has 0 aromatic heterocycles. The molecule has 1 aliphatic carbocycles. The third kappa shape index (κ3) is 5.19. The molecule has 0 heterocycles. The van der Waals surface area contributed by atoms with Crippen LogP contribution in [0.1, 0.15) is 46.1 Å². The summed E-state index contributed by atoms with van der Waals surface area (Å²) in [5.74, 6) is -0.810. The first kappa shape index (κ1) is 19.2. The number of nitrogens with one attached hydrogen (secondary N) is 2. The smallest absolute Gasteiger partial charge is 0.319 e. The maximum absolute atomic E-state index is 12.3. The Labute approximate surface area is 149 Å². The molecular formula is C19H29N3O3. The molecule has 0 aliphatic heterocycles. The third-order valence-electron chi connectivity index (χ3n) is 4.69. The topological polar surface area (TPSA) is 81.7 Å². The Hall–Kier alpha value is -2.08. The van der Waals surface area contributed by atoms with Crippen molar-refractivity contribution in [3.8, 4) is 0 Å². The van der Waals surface area contributed by atoms with E-state index in [0.29, 0.717) is 6.54 Å². The van der Waals surface area contributed by atoms with Gasteiger partial charge >= 0.3 is 12.0 Å². The standard InChI is InChI=1S/C19H29N3O3/c1-5-22(12-17(23)24)14-10-13(11-14)20-18(25)21-16-9-7-6-8-15(16)19(2,3)4/h6-9,13-14H,5,10-12H2,1-4H3,(H,23,24)(H2,20,21,25). The molecule has 0 bridgehead atoms. The summed E-state index contributed by atoms with van der Waals surface area (Å²) >= 11 is 0. The van der Waals surface area contributed by atoms with Crippen LogP contribution in [0.3, 0.4) is 0 Å². The van der Waals surface area contributed by atoms with Crippen molar-refractivity contribution in [3.05, 3.63) is 29.8 Å². The van der Waals surface area contributed by atoms with Gasteiger partial charge in [-0.1, -0.05) is 45.9 Å². The minimum absolute atomic E-state index is 0.0517. The molecule has 1 aromatic rings. The summed E-state index contributed by atoms with van der Waals surface area (Å²) in [6.45, 7) is 9.06. The van der Waals surface area contributed by atoms with Crippen LogP contribution in [0.15, 0.2) is 24.3 Å². The van der Waals surface area contributed by atoms with E-state index in [1.54, 1.807) is 0 Å². The summed E-state index contributed by atoms with van der Waals surface area (Å²) in [7, 11) is 0. The molecule has 1 saturated carbocycles. The number of aliphatic carboxylic acids is 1. The molecule has 1 aliphatic rings. The SMILES string of the molecule is CCN(CC(=O)O)C1CC(NC(=O)Nc2ccccc2C(C)(C)C)C1. The summed E-state index contributed by atoms with van der Waals surface area (Å²) in [6.07, 6.45) is 1.57. The van der Waals surface area contributed by atoms with Crippen LogP contribution in [0.2, 0.25) is 0 Å². The number of hydrogen-bond acceptors (Lipinski definition) is 3. The average molecular weight is 347 g/mol. The number of anilines is 1. The first-order chi connectivity index (χ1) is 11.7. The number of carbonyl (C=O) groups is 2. The fourth-order valence-electron chi connectivity index (χ4n) is 3.27. The van der Waals surface area contributed by atoms with Gasteiger partial charge in [-0.15, -0.1) is 0 Å². The van der Waals surface area contributed by atoms with Crippen LogP contribution in [-0.2, 0) is 10.2 Å². The Morgan fingerprint density at radius 2 is 1.88 bits per heavy atom. The first-order valence-electron chi connectivity index (χ1n) is 8.83. The fraction of sp³-hybridized carbons (Fsp3) is 0.579. The van der Waals surface area contributed by atoms with E-state index in [2.05, 4.69) is 31.4 Å². The van der Waals surface area contributed by atoms with E-state index >= 15 is 0 Å². The maximum Gasteiger partial charge on any atom is 0.319 e. The highest BCUT2D eigenvalue weighted by Gasteiger charge is 2.34. The van der Waals surface area contributed by atoms with E-state index < -0.39 is 5.97 Å². The summed E-state index contributed by atoms with van der Waals surface area (Å²) in [5, 5.41) is 14.9.